The molecule has 0 radical (unpaired) electrons. The third-order valence-electron chi connectivity index (χ3n) is 3.88. The molecule has 2 heterocycles. The van der Waals surface area contributed by atoms with Gasteiger partial charge in [-0.15, -0.1) is 10.2 Å². The molecule has 7 nitrogen and oxygen atoms in total. The van der Waals surface area contributed by atoms with Crippen LogP contribution in [0.1, 0.15) is 12.5 Å². The molecule has 2 aromatic heterocycles. The Morgan fingerprint density at radius 2 is 2.00 bits per heavy atom. The number of para-hydroxylation sites is 1. The summed E-state index contributed by atoms with van der Waals surface area (Å²) in [5.74, 6) is 0. The Kier molecular flexibility index (Phi) is 3.95. The highest BCUT2D eigenvalue weighted by Crippen LogP contribution is 2.15. The second-order valence-corrected chi connectivity index (χ2v) is 6.51. The molecule has 2 aromatic carbocycles. The largest absolute Gasteiger partial charge is 0.318 e. The molecule has 0 bridgehead atoms. The van der Waals surface area contributed by atoms with E-state index >= 15 is 0 Å². The monoisotopic (exact) mass is 349 g/mol. The average Bonchev–Trinajstić information content (AvgIpc) is 3.29. The summed E-state index contributed by atoms with van der Waals surface area (Å²) in [6, 6.07) is 16.1. The molecule has 0 amide bonds. The van der Waals surface area contributed by atoms with Crippen molar-refractivity contribution in [1.82, 2.24) is 24.8 Å². The number of fused-ring (bicyclic) bond motifs is 1. The van der Waals surface area contributed by atoms with Crippen LogP contribution >= 0.6 is 11.3 Å². The molecular weight excluding hydrogens is 334 g/mol. The van der Waals surface area contributed by atoms with Crippen molar-refractivity contribution < 1.29 is 0 Å². The highest BCUT2D eigenvalue weighted by Gasteiger charge is 2.03. The number of aryl methyl sites for hydroxylation is 1. The van der Waals surface area contributed by atoms with E-state index in [-0.39, 0.29) is 0 Å². The second kappa shape index (κ2) is 6.40. The van der Waals surface area contributed by atoms with Gasteiger partial charge in [0.2, 0.25) is 4.80 Å². The predicted octanol–water partition coefficient (Wildman–Crippen LogP) is 2.54. The smallest absolute Gasteiger partial charge is 0.211 e. The Hall–Kier alpha value is -3.13. The molecule has 4 rings (SSSR count). The molecule has 0 unspecified atom stereocenters. The lowest BCUT2D eigenvalue weighted by atomic mass is 10.1. The van der Waals surface area contributed by atoms with Crippen molar-refractivity contribution in [3.05, 3.63) is 65.2 Å². The number of hydrogen-bond acceptors (Lipinski definition) is 6. The zero-order chi connectivity index (χ0) is 17.2. The Bertz CT molecular complexity index is 1120. The summed E-state index contributed by atoms with van der Waals surface area (Å²) in [6.45, 7) is 1.94. The van der Waals surface area contributed by atoms with Crippen LogP contribution in [0, 0.1) is 0 Å². The number of benzene rings is 2. The summed E-state index contributed by atoms with van der Waals surface area (Å²) in [4.78, 5) is 0.859. The summed E-state index contributed by atoms with van der Waals surface area (Å²) < 4.78 is 4.85. The first-order valence-corrected chi connectivity index (χ1v) is 8.51. The molecule has 0 aliphatic heterocycles. The minimum Gasteiger partial charge on any atom is -0.318 e. The summed E-state index contributed by atoms with van der Waals surface area (Å²) in [7, 11) is 2.00. The number of nitrogens with zero attached hydrogens (tertiary/aromatic N) is 7. The maximum Gasteiger partial charge on any atom is 0.211 e. The average molecular weight is 349 g/mol. The lowest BCUT2D eigenvalue weighted by molar-refractivity contribution is 0.789. The van der Waals surface area contributed by atoms with Crippen LogP contribution in [-0.2, 0) is 7.05 Å². The van der Waals surface area contributed by atoms with E-state index in [9.17, 15) is 0 Å². The number of thiazole rings is 1. The Morgan fingerprint density at radius 3 is 2.80 bits per heavy atom. The van der Waals surface area contributed by atoms with Gasteiger partial charge < -0.3 is 4.57 Å². The van der Waals surface area contributed by atoms with Crippen LogP contribution in [0.2, 0.25) is 0 Å². The lowest BCUT2D eigenvalue weighted by Gasteiger charge is -2.03. The molecule has 0 spiro atoms. The molecular formula is C17H15N7S. The van der Waals surface area contributed by atoms with Crippen LogP contribution in [0.5, 0.6) is 0 Å². The fraction of sp³-hybridized carbons (Fsp3) is 0.118. The van der Waals surface area contributed by atoms with Gasteiger partial charge in [0.15, 0.2) is 0 Å². The third-order valence-corrected chi connectivity index (χ3v) is 4.98. The molecule has 4 aromatic rings. The van der Waals surface area contributed by atoms with Crippen LogP contribution in [-0.4, -0.2) is 30.5 Å². The van der Waals surface area contributed by atoms with Crippen molar-refractivity contribution in [2.45, 2.75) is 6.92 Å². The van der Waals surface area contributed by atoms with E-state index < -0.39 is 0 Å². The van der Waals surface area contributed by atoms with E-state index in [0.29, 0.717) is 0 Å². The van der Waals surface area contributed by atoms with E-state index in [2.05, 4.69) is 37.9 Å². The van der Waals surface area contributed by atoms with Crippen LogP contribution < -0.4 is 4.80 Å². The van der Waals surface area contributed by atoms with Gasteiger partial charge in [0.1, 0.15) is 6.33 Å². The van der Waals surface area contributed by atoms with E-state index in [1.165, 1.54) is 4.70 Å². The van der Waals surface area contributed by atoms with Crippen LogP contribution in [0.4, 0.5) is 0 Å². The fourth-order valence-corrected chi connectivity index (χ4v) is 3.48. The molecule has 0 aliphatic carbocycles. The Labute approximate surface area is 147 Å². The first-order valence-electron chi connectivity index (χ1n) is 7.69. The third kappa shape index (κ3) is 2.99. The van der Waals surface area contributed by atoms with Gasteiger partial charge in [-0.1, -0.05) is 35.6 Å². The van der Waals surface area contributed by atoms with Crippen LogP contribution in [0.3, 0.4) is 0 Å². The second-order valence-electron chi connectivity index (χ2n) is 5.50. The molecule has 0 N–H and O–H groups in total. The highest BCUT2D eigenvalue weighted by molar-refractivity contribution is 7.16. The molecule has 8 heteroatoms. The van der Waals surface area contributed by atoms with Crippen molar-refractivity contribution in [3.8, 4) is 5.69 Å². The van der Waals surface area contributed by atoms with E-state index in [1.54, 1.807) is 22.3 Å². The number of hydrogen-bond donors (Lipinski definition) is 0. The Balaban J connectivity index is 1.72. The molecule has 0 saturated heterocycles. The molecule has 0 atom stereocenters. The topological polar surface area (TPSA) is 73.2 Å². The number of rotatable bonds is 3. The Morgan fingerprint density at radius 1 is 1.12 bits per heavy atom. The van der Waals surface area contributed by atoms with Gasteiger partial charge in [0, 0.05) is 7.05 Å². The summed E-state index contributed by atoms with van der Waals surface area (Å²) >= 11 is 1.62. The van der Waals surface area contributed by atoms with Gasteiger partial charge in [-0.2, -0.15) is 5.10 Å². The summed E-state index contributed by atoms with van der Waals surface area (Å²) in [5.41, 5.74) is 3.83. The van der Waals surface area contributed by atoms with Gasteiger partial charge in [-0.25, -0.2) is 4.68 Å². The molecule has 0 saturated carbocycles. The molecule has 0 fully saturated rings. The number of aromatic nitrogens is 5. The quantitative estimate of drug-likeness (QED) is 0.421. The van der Waals surface area contributed by atoms with E-state index in [0.717, 1.165) is 27.3 Å². The maximum atomic E-state index is 4.43. The lowest BCUT2D eigenvalue weighted by Crippen LogP contribution is -2.09. The minimum absolute atomic E-state index is 0.826. The van der Waals surface area contributed by atoms with Gasteiger partial charge in [-0.05, 0) is 47.2 Å². The van der Waals surface area contributed by atoms with E-state index in [1.807, 2.05) is 54.9 Å². The normalized spacial score (nSPS) is 12.9. The van der Waals surface area contributed by atoms with E-state index in [4.69, 9.17) is 0 Å². The van der Waals surface area contributed by atoms with Crippen molar-refractivity contribution >= 4 is 27.3 Å². The van der Waals surface area contributed by atoms with Crippen LogP contribution in [0.25, 0.3) is 15.9 Å². The maximum absolute atomic E-state index is 4.43. The minimum atomic E-state index is 0.826. The van der Waals surface area contributed by atoms with Crippen molar-refractivity contribution in [1.29, 1.82) is 0 Å². The molecule has 0 aliphatic rings. The summed E-state index contributed by atoms with van der Waals surface area (Å²) in [6.07, 6.45) is 1.56. The van der Waals surface area contributed by atoms with Gasteiger partial charge >= 0.3 is 0 Å². The van der Waals surface area contributed by atoms with Gasteiger partial charge in [-0.3, -0.25) is 0 Å². The highest BCUT2D eigenvalue weighted by atomic mass is 32.1. The summed E-state index contributed by atoms with van der Waals surface area (Å²) in [5, 5.41) is 20.1. The van der Waals surface area contributed by atoms with Crippen molar-refractivity contribution in [2.24, 2.45) is 17.3 Å². The first-order chi connectivity index (χ1) is 12.2. The van der Waals surface area contributed by atoms with Gasteiger partial charge in [0.25, 0.3) is 0 Å². The zero-order valence-electron chi connectivity index (χ0n) is 13.7. The first kappa shape index (κ1) is 15.4. The SMILES string of the molecule is C/C(=N\N=c1/sc2ccccc2n1C)c1cccc(-n2cnnn2)c1. The van der Waals surface area contributed by atoms with Crippen molar-refractivity contribution in [2.75, 3.05) is 0 Å². The van der Waals surface area contributed by atoms with Gasteiger partial charge in [0.05, 0.1) is 21.6 Å². The fourth-order valence-electron chi connectivity index (χ4n) is 2.51. The predicted molar refractivity (Wildman–Crippen MR) is 97.7 cm³/mol. The van der Waals surface area contributed by atoms with Crippen molar-refractivity contribution in [3.63, 3.8) is 0 Å². The number of tetrazole rings is 1. The van der Waals surface area contributed by atoms with Crippen LogP contribution in [0.15, 0.2) is 65.1 Å². The molecule has 25 heavy (non-hydrogen) atoms. The standard InChI is InChI=1S/C17H15N7S/c1-12(13-6-5-7-14(10-13)24-11-18-21-22-24)19-20-17-23(2)15-8-3-4-9-16(15)25-17/h3-11H,1-2H3/b19-12+,20-17-. The molecule has 124 valence electrons. The zero-order valence-corrected chi connectivity index (χ0v) is 14.6.